The van der Waals surface area contributed by atoms with Gasteiger partial charge in [0.05, 0.1) is 5.25 Å². The van der Waals surface area contributed by atoms with Crippen LogP contribution in [-0.2, 0) is 10.0 Å². The van der Waals surface area contributed by atoms with Crippen molar-refractivity contribution in [2.75, 3.05) is 0 Å². The van der Waals surface area contributed by atoms with Gasteiger partial charge in [-0.25, -0.2) is 13.1 Å². The molecule has 0 aromatic carbocycles. The maximum absolute atomic E-state index is 11.6. The molecule has 0 bridgehead atoms. The molecule has 0 saturated heterocycles. The number of rotatable bonds is 5. The van der Waals surface area contributed by atoms with Gasteiger partial charge in [0.1, 0.15) is 0 Å². The van der Waals surface area contributed by atoms with Crippen LogP contribution < -0.4 is 4.72 Å². The van der Waals surface area contributed by atoms with Crippen LogP contribution in [0.3, 0.4) is 0 Å². The highest BCUT2D eigenvalue weighted by atomic mass is 32.2. The van der Waals surface area contributed by atoms with Gasteiger partial charge in [-0.2, -0.15) is 0 Å². The molecule has 1 N–H and O–H groups in total. The first kappa shape index (κ1) is 12.9. The fourth-order valence-corrected chi connectivity index (χ4v) is 2.76. The van der Waals surface area contributed by atoms with Crippen molar-refractivity contribution in [1.29, 1.82) is 0 Å². The fourth-order valence-electron chi connectivity index (χ4n) is 1.24. The minimum absolute atomic E-state index is 0.0142. The molecule has 0 spiro atoms. The summed E-state index contributed by atoms with van der Waals surface area (Å²) >= 11 is 0. The Balaban J connectivity index is 4.29. The maximum atomic E-state index is 11.6. The van der Waals surface area contributed by atoms with E-state index in [-0.39, 0.29) is 11.3 Å². The Morgan fingerprint density at radius 2 is 1.54 bits per heavy atom. The van der Waals surface area contributed by atoms with E-state index in [0.29, 0.717) is 12.3 Å². The molecule has 0 aromatic heterocycles. The highest BCUT2D eigenvalue weighted by Gasteiger charge is 2.21. The number of hydrogen-bond donors (Lipinski definition) is 1. The van der Waals surface area contributed by atoms with Gasteiger partial charge in [0, 0.05) is 6.04 Å². The van der Waals surface area contributed by atoms with Crippen LogP contribution in [0.1, 0.15) is 41.0 Å². The van der Waals surface area contributed by atoms with Crippen molar-refractivity contribution in [3.05, 3.63) is 0 Å². The van der Waals surface area contributed by atoms with Crippen LogP contribution in [0.25, 0.3) is 0 Å². The van der Waals surface area contributed by atoms with Crippen molar-refractivity contribution in [2.45, 2.75) is 52.3 Å². The van der Waals surface area contributed by atoms with Crippen LogP contribution in [0.5, 0.6) is 0 Å². The van der Waals surface area contributed by atoms with Crippen LogP contribution in [0, 0.1) is 5.92 Å². The van der Waals surface area contributed by atoms with Gasteiger partial charge in [0.2, 0.25) is 10.0 Å². The lowest BCUT2D eigenvalue weighted by Gasteiger charge is -2.17. The second kappa shape index (κ2) is 4.96. The topological polar surface area (TPSA) is 46.2 Å². The van der Waals surface area contributed by atoms with E-state index in [9.17, 15) is 8.42 Å². The second-order valence-corrected chi connectivity index (χ2v) is 6.39. The fraction of sp³-hybridized carbons (Fsp3) is 1.00. The second-order valence-electron chi connectivity index (χ2n) is 4.26. The molecule has 0 saturated carbocycles. The molecule has 0 aliphatic rings. The SMILES string of the molecule is CC(C)CC(C)S(=O)(=O)NC(C)C. The van der Waals surface area contributed by atoms with Crippen molar-refractivity contribution in [2.24, 2.45) is 5.92 Å². The van der Waals surface area contributed by atoms with Gasteiger partial charge in [0.25, 0.3) is 0 Å². The lowest BCUT2D eigenvalue weighted by atomic mass is 10.1. The van der Waals surface area contributed by atoms with Gasteiger partial charge >= 0.3 is 0 Å². The van der Waals surface area contributed by atoms with Gasteiger partial charge in [-0.3, -0.25) is 0 Å². The van der Waals surface area contributed by atoms with E-state index in [1.807, 2.05) is 27.7 Å². The summed E-state index contributed by atoms with van der Waals surface area (Å²) in [6, 6.07) is -0.0142. The average molecular weight is 207 g/mol. The van der Waals surface area contributed by atoms with Crippen LogP contribution in [-0.4, -0.2) is 19.7 Å². The van der Waals surface area contributed by atoms with Crippen molar-refractivity contribution in [3.63, 3.8) is 0 Å². The van der Waals surface area contributed by atoms with E-state index in [4.69, 9.17) is 0 Å². The molecular formula is C9H21NO2S. The lowest BCUT2D eigenvalue weighted by molar-refractivity contribution is 0.520. The Bertz CT molecular complexity index is 232. The first-order chi connectivity index (χ1) is 5.75. The predicted molar refractivity (Wildman–Crippen MR) is 56.1 cm³/mol. The van der Waals surface area contributed by atoms with Crippen molar-refractivity contribution < 1.29 is 8.42 Å². The minimum Gasteiger partial charge on any atom is -0.212 e. The molecule has 0 heterocycles. The summed E-state index contributed by atoms with van der Waals surface area (Å²) in [6.45, 7) is 9.48. The normalized spacial score (nSPS) is 15.3. The molecule has 1 unspecified atom stereocenters. The Kier molecular flexibility index (Phi) is 4.92. The number of hydrogen-bond acceptors (Lipinski definition) is 2. The first-order valence-corrected chi connectivity index (χ1v) is 6.31. The zero-order valence-corrected chi connectivity index (χ0v) is 9.98. The molecule has 0 aliphatic heterocycles. The smallest absolute Gasteiger partial charge is 0.212 e. The molecule has 0 radical (unpaired) electrons. The largest absolute Gasteiger partial charge is 0.214 e. The van der Waals surface area contributed by atoms with E-state index in [0.717, 1.165) is 0 Å². The Labute approximate surface area is 82.0 Å². The van der Waals surface area contributed by atoms with E-state index < -0.39 is 10.0 Å². The monoisotopic (exact) mass is 207 g/mol. The van der Waals surface area contributed by atoms with E-state index >= 15 is 0 Å². The number of sulfonamides is 1. The van der Waals surface area contributed by atoms with Gasteiger partial charge in [-0.1, -0.05) is 13.8 Å². The molecule has 80 valence electrons. The summed E-state index contributed by atoms with van der Waals surface area (Å²) in [6.07, 6.45) is 0.710. The van der Waals surface area contributed by atoms with Crippen LogP contribution in [0.2, 0.25) is 0 Å². The summed E-state index contributed by atoms with van der Waals surface area (Å²) in [5.74, 6) is 0.415. The molecule has 0 amide bonds. The third-order valence-electron chi connectivity index (χ3n) is 1.73. The van der Waals surface area contributed by atoms with Crippen molar-refractivity contribution in [1.82, 2.24) is 4.72 Å². The molecule has 1 atom stereocenters. The Hall–Kier alpha value is -0.0900. The zero-order valence-electron chi connectivity index (χ0n) is 9.16. The first-order valence-electron chi connectivity index (χ1n) is 4.77. The van der Waals surface area contributed by atoms with Gasteiger partial charge < -0.3 is 0 Å². The van der Waals surface area contributed by atoms with Gasteiger partial charge in [-0.05, 0) is 33.1 Å². The summed E-state index contributed by atoms with van der Waals surface area (Å²) in [7, 11) is -3.10. The molecule has 0 fully saturated rings. The highest BCUT2D eigenvalue weighted by Crippen LogP contribution is 2.11. The average Bonchev–Trinajstić information content (AvgIpc) is 1.81. The zero-order chi connectivity index (χ0) is 10.6. The quantitative estimate of drug-likeness (QED) is 0.746. The molecule has 0 aromatic rings. The van der Waals surface area contributed by atoms with Gasteiger partial charge in [-0.15, -0.1) is 0 Å². The van der Waals surface area contributed by atoms with Gasteiger partial charge in [0.15, 0.2) is 0 Å². The van der Waals surface area contributed by atoms with Crippen LogP contribution in [0.15, 0.2) is 0 Å². The van der Waals surface area contributed by atoms with Crippen molar-refractivity contribution >= 4 is 10.0 Å². The summed E-state index contributed by atoms with van der Waals surface area (Å²) in [5, 5.41) is -0.296. The summed E-state index contributed by atoms with van der Waals surface area (Å²) in [4.78, 5) is 0. The standard InChI is InChI=1S/C9H21NO2S/c1-7(2)6-9(5)13(11,12)10-8(3)4/h7-10H,6H2,1-5H3. The van der Waals surface area contributed by atoms with E-state index in [2.05, 4.69) is 4.72 Å². The van der Waals surface area contributed by atoms with Crippen molar-refractivity contribution in [3.8, 4) is 0 Å². The third kappa shape index (κ3) is 5.26. The molecule has 13 heavy (non-hydrogen) atoms. The molecule has 0 rings (SSSR count). The minimum atomic E-state index is -3.10. The predicted octanol–water partition coefficient (Wildman–Crippen LogP) is 1.75. The Morgan fingerprint density at radius 1 is 1.08 bits per heavy atom. The Morgan fingerprint density at radius 3 is 1.85 bits per heavy atom. The molecule has 0 aliphatic carbocycles. The maximum Gasteiger partial charge on any atom is 0.214 e. The summed E-state index contributed by atoms with van der Waals surface area (Å²) < 4.78 is 25.7. The molecule has 4 heteroatoms. The van der Waals surface area contributed by atoms with Crippen LogP contribution in [0.4, 0.5) is 0 Å². The lowest BCUT2D eigenvalue weighted by Crippen LogP contribution is -2.37. The van der Waals surface area contributed by atoms with Crippen LogP contribution >= 0.6 is 0 Å². The molecule has 3 nitrogen and oxygen atoms in total. The van der Waals surface area contributed by atoms with E-state index in [1.54, 1.807) is 6.92 Å². The highest BCUT2D eigenvalue weighted by molar-refractivity contribution is 7.90. The van der Waals surface area contributed by atoms with E-state index in [1.165, 1.54) is 0 Å². The molecular weight excluding hydrogens is 186 g/mol. The third-order valence-corrected chi connectivity index (χ3v) is 3.78. The number of nitrogens with one attached hydrogen (secondary N) is 1. The summed E-state index contributed by atoms with van der Waals surface area (Å²) in [5.41, 5.74) is 0.